The van der Waals surface area contributed by atoms with Crippen LogP contribution in [0, 0.1) is 11.3 Å². The summed E-state index contributed by atoms with van der Waals surface area (Å²) in [5.41, 5.74) is 3.64. The normalized spacial score (nSPS) is 7.64. The molecule has 0 amide bonds. The van der Waals surface area contributed by atoms with Gasteiger partial charge in [-0.3, -0.25) is 5.84 Å². The van der Waals surface area contributed by atoms with Crippen LogP contribution < -0.4 is 11.3 Å². The number of hydrogen-bond donors (Lipinski definition) is 2. The maximum atomic E-state index is 8.50. The number of nitrogen functional groups attached to an aromatic ring is 1. The number of nitriles is 1. The molecule has 11 heavy (non-hydrogen) atoms. The van der Waals surface area contributed by atoms with Crippen LogP contribution in [0.2, 0.25) is 0 Å². The fourth-order valence-corrected chi connectivity index (χ4v) is 0.706. The molecule has 3 nitrogen and oxygen atoms in total. The van der Waals surface area contributed by atoms with Gasteiger partial charge in [-0.25, -0.2) is 0 Å². The van der Waals surface area contributed by atoms with Crippen molar-refractivity contribution in [2.75, 3.05) is 5.43 Å². The van der Waals surface area contributed by atoms with E-state index in [4.69, 9.17) is 11.1 Å². The van der Waals surface area contributed by atoms with Crippen LogP contribution in [-0.2, 0) is 0 Å². The molecule has 0 aromatic heterocycles. The zero-order chi connectivity index (χ0) is 7.40. The van der Waals surface area contributed by atoms with E-state index >= 15 is 0 Å². The van der Waals surface area contributed by atoms with Crippen molar-refractivity contribution >= 4 is 18.1 Å². The van der Waals surface area contributed by atoms with Gasteiger partial charge in [0.25, 0.3) is 0 Å². The Hall–Kier alpha value is -1.24. The van der Waals surface area contributed by atoms with Crippen molar-refractivity contribution in [3.8, 4) is 6.07 Å². The molecule has 0 spiro atoms. The molecule has 0 radical (unpaired) electrons. The second-order valence-electron chi connectivity index (χ2n) is 1.80. The van der Waals surface area contributed by atoms with Gasteiger partial charge in [-0.2, -0.15) is 5.26 Å². The summed E-state index contributed by atoms with van der Waals surface area (Å²) in [7, 11) is 0. The molecule has 3 N–H and O–H groups in total. The Balaban J connectivity index is 0.000001000. The lowest BCUT2D eigenvalue weighted by molar-refractivity contribution is 1.33. The molecule has 0 saturated carbocycles. The number of nitrogens with zero attached hydrogens (tertiary/aromatic N) is 1. The average molecular weight is 170 g/mol. The number of anilines is 1. The molecule has 1 rings (SSSR count). The second-order valence-corrected chi connectivity index (χ2v) is 1.80. The Morgan fingerprint density at radius 2 is 2.00 bits per heavy atom. The Morgan fingerprint density at radius 3 is 2.45 bits per heavy atom. The third-order valence-corrected chi connectivity index (χ3v) is 1.20. The number of para-hydroxylation sites is 1. The summed E-state index contributed by atoms with van der Waals surface area (Å²) < 4.78 is 0. The number of benzene rings is 1. The zero-order valence-electron chi connectivity index (χ0n) is 5.74. The van der Waals surface area contributed by atoms with Crippen molar-refractivity contribution in [2.24, 2.45) is 5.84 Å². The van der Waals surface area contributed by atoms with E-state index in [1.807, 2.05) is 12.1 Å². The van der Waals surface area contributed by atoms with Crippen molar-refractivity contribution in [3.05, 3.63) is 29.8 Å². The van der Waals surface area contributed by atoms with Crippen LogP contribution in [0.1, 0.15) is 5.56 Å². The van der Waals surface area contributed by atoms with Crippen molar-refractivity contribution in [1.82, 2.24) is 0 Å². The number of rotatable bonds is 1. The predicted molar refractivity (Wildman–Crippen MR) is 46.2 cm³/mol. The Morgan fingerprint density at radius 1 is 1.36 bits per heavy atom. The van der Waals surface area contributed by atoms with Crippen LogP contribution in [0.4, 0.5) is 5.69 Å². The van der Waals surface area contributed by atoms with Gasteiger partial charge in [-0.05, 0) is 12.1 Å². The SMILES string of the molecule is Cl.N#Cc1ccccc1NN. The molecule has 0 fully saturated rings. The van der Waals surface area contributed by atoms with E-state index in [1.165, 1.54) is 0 Å². The minimum atomic E-state index is 0. The van der Waals surface area contributed by atoms with Crippen molar-refractivity contribution < 1.29 is 0 Å². The Kier molecular flexibility index (Phi) is 4.04. The maximum Gasteiger partial charge on any atom is 0.101 e. The Labute approximate surface area is 71.2 Å². The van der Waals surface area contributed by atoms with Crippen molar-refractivity contribution in [3.63, 3.8) is 0 Å². The highest BCUT2D eigenvalue weighted by atomic mass is 35.5. The maximum absolute atomic E-state index is 8.50. The standard InChI is InChI=1S/C7H7N3.ClH/c8-5-6-3-1-2-4-7(6)10-9;/h1-4,10H,9H2;1H. The summed E-state index contributed by atoms with van der Waals surface area (Å²) in [4.78, 5) is 0. The summed E-state index contributed by atoms with van der Waals surface area (Å²) in [5.74, 6) is 5.13. The summed E-state index contributed by atoms with van der Waals surface area (Å²) in [6, 6.07) is 9.06. The van der Waals surface area contributed by atoms with Gasteiger partial charge >= 0.3 is 0 Å². The summed E-state index contributed by atoms with van der Waals surface area (Å²) >= 11 is 0. The minimum absolute atomic E-state index is 0. The van der Waals surface area contributed by atoms with Gasteiger partial charge in [0.1, 0.15) is 6.07 Å². The van der Waals surface area contributed by atoms with Gasteiger partial charge in [0.15, 0.2) is 0 Å². The molecule has 1 aromatic carbocycles. The van der Waals surface area contributed by atoms with Crippen LogP contribution in [0.15, 0.2) is 24.3 Å². The quantitative estimate of drug-likeness (QED) is 0.492. The second kappa shape index (κ2) is 4.56. The van der Waals surface area contributed by atoms with Gasteiger partial charge < -0.3 is 5.43 Å². The third kappa shape index (κ3) is 2.11. The molecule has 0 aliphatic rings. The Bertz CT molecular complexity index is 267. The van der Waals surface area contributed by atoms with Gasteiger partial charge in [0, 0.05) is 0 Å². The van der Waals surface area contributed by atoms with Crippen LogP contribution in [-0.4, -0.2) is 0 Å². The number of nitrogens with two attached hydrogens (primary N) is 1. The van der Waals surface area contributed by atoms with Crippen molar-refractivity contribution in [2.45, 2.75) is 0 Å². The lowest BCUT2D eigenvalue weighted by Crippen LogP contribution is -2.07. The van der Waals surface area contributed by atoms with Gasteiger partial charge in [0.2, 0.25) is 0 Å². The molecule has 4 heteroatoms. The number of hydrazine groups is 1. The molecule has 1 aromatic rings. The topological polar surface area (TPSA) is 61.8 Å². The fraction of sp³-hybridized carbons (Fsp3) is 0. The van der Waals surface area contributed by atoms with E-state index in [0.29, 0.717) is 11.3 Å². The molecule has 0 heterocycles. The van der Waals surface area contributed by atoms with E-state index in [2.05, 4.69) is 5.43 Å². The lowest BCUT2D eigenvalue weighted by Gasteiger charge is -1.99. The largest absolute Gasteiger partial charge is 0.323 e. The molecule has 58 valence electrons. The highest BCUT2D eigenvalue weighted by molar-refractivity contribution is 5.85. The molecule has 0 saturated heterocycles. The average Bonchev–Trinajstić information content (AvgIpc) is 2.04. The summed E-state index contributed by atoms with van der Waals surface area (Å²) in [6.45, 7) is 0. The van der Waals surface area contributed by atoms with Crippen molar-refractivity contribution in [1.29, 1.82) is 5.26 Å². The van der Waals surface area contributed by atoms with E-state index in [0.717, 1.165) is 0 Å². The smallest absolute Gasteiger partial charge is 0.101 e. The van der Waals surface area contributed by atoms with E-state index < -0.39 is 0 Å². The molecule has 0 bridgehead atoms. The molecule has 0 aliphatic heterocycles. The molecular formula is C7H8ClN3. The highest BCUT2D eigenvalue weighted by Crippen LogP contribution is 2.10. The lowest BCUT2D eigenvalue weighted by atomic mass is 10.2. The first-order valence-electron chi connectivity index (χ1n) is 2.84. The van der Waals surface area contributed by atoms with Crippen LogP contribution in [0.25, 0.3) is 0 Å². The van der Waals surface area contributed by atoms with E-state index in [1.54, 1.807) is 18.2 Å². The first kappa shape index (κ1) is 9.76. The monoisotopic (exact) mass is 169 g/mol. The highest BCUT2D eigenvalue weighted by Gasteiger charge is 1.94. The third-order valence-electron chi connectivity index (χ3n) is 1.20. The number of nitrogens with one attached hydrogen (secondary N) is 1. The van der Waals surface area contributed by atoms with Crippen LogP contribution in [0.5, 0.6) is 0 Å². The molecule has 0 aliphatic carbocycles. The van der Waals surface area contributed by atoms with Gasteiger partial charge in [-0.1, -0.05) is 12.1 Å². The number of halogens is 1. The minimum Gasteiger partial charge on any atom is -0.323 e. The van der Waals surface area contributed by atoms with Gasteiger partial charge in [0.05, 0.1) is 11.3 Å². The van der Waals surface area contributed by atoms with E-state index in [-0.39, 0.29) is 12.4 Å². The summed E-state index contributed by atoms with van der Waals surface area (Å²) in [6.07, 6.45) is 0. The predicted octanol–water partition coefficient (Wildman–Crippen LogP) is 1.27. The first-order valence-corrected chi connectivity index (χ1v) is 2.84. The van der Waals surface area contributed by atoms with Crippen LogP contribution >= 0.6 is 12.4 Å². The fourth-order valence-electron chi connectivity index (χ4n) is 0.706. The summed E-state index contributed by atoms with van der Waals surface area (Å²) in [5, 5.41) is 8.50. The van der Waals surface area contributed by atoms with Gasteiger partial charge in [-0.15, -0.1) is 12.4 Å². The molecule has 0 unspecified atom stereocenters. The molecule has 0 atom stereocenters. The zero-order valence-corrected chi connectivity index (χ0v) is 6.56. The number of hydrogen-bond acceptors (Lipinski definition) is 3. The molecular weight excluding hydrogens is 162 g/mol. The first-order chi connectivity index (χ1) is 4.88. The van der Waals surface area contributed by atoms with Crippen LogP contribution in [0.3, 0.4) is 0 Å². The van der Waals surface area contributed by atoms with E-state index in [9.17, 15) is 0 Å².